The van der Waals surface area contributed by atoms with Gasteiger partial charge in [-0.15, -0.1) is 0 Å². The number of hydrogen-bond donors (Lipinski definition) is 1. The quantitative estimate of drug-likeness (QED) is 0.742. The summed E-state index contributed by atoms with van der Waals surface area (Å²) in [5.41, 5.74) is 1.43. The van der Waals surface area contributed by atoms with Gasteiger partial charge in [-0.1, -0.05) is 19.1 Å². The molecule has 24 heavy (non-hydrogen) atoms. The maximum atomic E-state index is 5.90. The number of rotatable bonds is 8. The summed E-state index contributed by atoms with van der Waals surface area (Å²) in [4.78, 5) is 2.50. The van der Waals surface area contributed by atoms with Crippen molar-refractivity contribution in [1.29, 1.82) is 0 Å². The molecule has 2 unspecified atom stereocenters. The molecular weight excluding hydrogens is 300 g/mol. The van der Waals surface area contributed by atoms with E-state index >= 15 is 0 Å². The van der Waals surface area contributed by atoms with Crippen LogP contribution < -0.4 is 10.1 Å². The molecule has 4 nitrogen and oxygen atoms in total. The normalized spacial score (nSPS) is 25.0. The van der Waals surface area contributed by atoms with Gasteiger partial charge in [-0.3, -0.25) is 4.90 Å². The summed E-state index contributed by atoms with van der Waals surface area (Å²) < 4.78 is 11.6. The Morgan fingerprint density at radius 2 is 2.17 bits per heavy atom. The Balaban J connectivity index is 1.33. The molecule has 1 N–H and O–H groups in total. The number of nitrogens with zero attached hydrogens (tertiary/aromatic N) is 1. The molecular formula is C20H32N2O2. The van der Waals surface area contributed by atoms with Crippen molar-refractivity contribution in [2.24, 2.45) is 5.92 Å². The second kappa shape index (κ2) is 9.40. The largest absolute Gasteiger partial charge is 0.494 e. The van der Waals surface area contributed by atoms with E-state index < -0.39 is 0 Å². The molecule has 3 rings (SSSR count). The molecule has 4 heteroatoms. The first-order chi connectivity index (χ1) is 11.8. The Morgan fingerprint density at radius 3 is 2.92 bits per heavy atom. The third-order valence-corrected chi connectivity index (χ3v) is 5.18. The van der Waals surface area contributed by atoms with Crippen molar-refractivity contribution in [3.05, 3.63) is 29.8 Å². The second-order valence-electron chi connectivity index (χ2n) is 7.11. The van der Waals surface area contributed by atoms with Crippen molar-refractivity contribution in [2.45, 2.75) is 38.7 Å². The molecule has 0 aromatic heterocycles. The fraction of sp³-hybridized carbons (Fsp3) is 0.700. The first-order valence-corrected chi connectivity index (χ1v) is 9.60. The van der Waals surface area contributed by atoms with E-state index in [0.717, 1.165) is 57.4 Å². The Labute approximate surface area is 146 Å². The van der Waals surface area contributed by atoms with Crippen LogP contribution in [0.4, 0.5) is 0 Å². The van der Waals surface area contributed by atoms with Crippen molar-refractivity contribution in [2.75, 3.05) is 45.9 Å². The molecule has 1 aromatic rings. The number of morpholine rings is 1. The van der Waals surface area contributed by atoms with E-state index in [2.05, 4.69) is 41.4 Å². The predicted molar refractivity (Wildman–Crippen MR) is 97.7 cm³/mol. The molecule has 0 spiro atoms. The first kappa shape index (κ1) is 17.7. The zero-order chi connectivity index (χ0) is 16.6. The predicted octanol–water partition coefficient (Wildman–Crippen LogP) is 2.72. The second-order valence-corrected chi connectivity index (χ2v) is 7.11. The molecule has 0 amide bonds. The molecule has 134 valence electrons. The van der Waals surface area contributed by atoms with E-state index in [1.165, 1.54) is 31.5 Å². The number of hydrogen-bond acceptors (Lipinski definition) is 4. The minimum Gasteiger partial charge on any atom is -0.494 e. The SMILES string of the molecule is CCC1CN(CCCOc2ccc(CC3CCNC3)cc2)CCO1. The Bertz CT molecular complexity index is 471. The highest BCUT2D eigenvalue weighted by Gasteiger charge is 2.18. The van der Waals surface area contributed by atoms with Gasteiger partial charge in [0.1, 0.15) is 5.75 Å². The van der Waals surface area contributed by atoms with Gasteiger partial charge in [0.25, 0.3) is 0 Å². The van der Waals surface area contributed by atoms with Crippen LogP contribution in [0.25, 0.3) is 0 Å². The first-order valence-electron chi connectivity index (χ1n) is 9.60. The smallest absolute Gasteiger partial charge is 0.119 e. The maximum absolute atomic E-state index is 5.90. The Hall–Kier alpha value is -1.10. The van der Waals surface area contributed by atoms with E-state index in [1.807, 2.05) is 0 Å². The average Bonchev–Trinajstić information content (AvgIpc) is 3.13. The van der Waals surface area contributed by atoms with Crippen molar-refractivity contribution in [3.8, 4) is 5.75 Å². The zero-order valence-corrected chi connectivity index (χ0v) is 15.0. The fourth-order valence-corrected chi connectivity index (χ4v) is 3.65. The van der Waals surface area contributed by atoms with Gasteiger partial charge in [0.2, 0.25) is 0 Å². The third-order valence-electron chi connectivity index (χ3n) is 5.18. The summed E-state index contributed by atoms with van der Waals surface area (Å²) in [7, 11) is 0. The highest BCUT2D eigenvalue weighted by molar-refractivity contribution is 5.27. The van der Waals surface area contributed by atoms with E-state index in [0.29, 0.717) is 6.10 Å². The molecule has 2 saturated heterocycles. The lowest BCUT2D eigenvalue weighted by atomic mass is 9.99. The average molecular weight is 332 g/mol. The van der Waals surface area contributed by atoms with E-state index in [9.17, 15) is 0 Å². The van der Waals surface area contributed by atoms with Crippen molar-refractivity contribution >= 4 is 0 Å². The van der Waals surface area contributed by atoms with Crippen LogP contribution in [0.15, 0.2) is 24.3 Å². The molecule has 2 atom stereocenters. The number of ether oxygens (including phenoxy) is 2. The van der Waals surface area contributed by atoms with Crippen molar-refractivity contribution in [1.82, 2.24) is 10.2 Å². The molecule has 2 aliphatic rings. The molecule has 0 saturated carbocycles. The van der Waals surface area contributed by atoms with Gasteiger partial charge in [0.15, 0.2) is 0 Å². The Kier molecular flexibility index (Phi) is 6.94. The van der Waals surface area contributed by atoms with Crippen LogP contribution in [0.2, 0.25) is 0 Å². The van der Waals surface area contributed by atoms with Gasteiger partial charge in [0.05, 0.1) is 19.3 Å². The van der Waals surface area contributed by atoms with Gasteiger partial charge >= 0.3 is 0 Å². The van der Waals surface area contributed by atoms with Gasteiger partial charge in [0, 0.05) is 19.6 Å². The van der Waals surface area contributed by atoms with Crippen molar-refractivity contribution in [3.63, 3.8) is 0 Å². The lowest BCUT2D eigenvalue weighted by molar-refractivity contribution is -0.0306. The summed E-state index contributed by atoms with van der Waals surface area (Å²) >= 11 is 0. The number of benzene rings is 1. The molecule has 2 heterocycles. The van der Waals surface area contributed by atoms with Crippen LogP contribution in [0.5, 0.6) is 5.75 Å². The fourth-order valence-electron chi connectivity index (χ4n) is 3.65. The number of nitrogens with one attached hydrogen (secondary N) is 1. The third kappa shape index (κ3) is 5.47. The van der Waals surface area contributed by atoms with Crippen LogP contribution in [-0.2, 0) is 11.2 Å². The lowest BCUT2D eigenvalue weighted by Crippen LogP contribution is -2.42. The van der Waals surface area contributed by atoms with Gasteiger partial charge in [-0.25, -0.2) is 0 Å². The van der Waals surface area contributed by atoms with Crippen LogP contribution in [0.3, 0.4) is 0 Å². The molecule has 2 aliphatic heterocycles. The molecule has 0 aliphatic carbocycles. The Morgan fingerprint density at radius 1 is 1.29 bits per heavy atom. The lowest BCUT2D eigenvalue weighted by Gasteiger charge is -2.32. The van der Waals surface area contributed by atoms with Crippen molar-refractivity contribution < 1.29 is 9.47 Å². The van der Waals surface area contributed by atoms with Crippen LogP contribution in [0, 0.1) is 5.92 Å². The van der Waals surface area contributed by atoms with Gasteiger partial charge in [-0.2, -0.15) is 0 Å². The monoisotopic (exact) mass is 332 g/mol. The molecule has 0 bridgehead atoms. The summed E-state index contributed by atoms with van der Waals surface area (Å²) in [6.45, 7) is 9.43. The topological polar surface area (TPSA) is 33.7 Å². The van der Waals surface area contributed by atoms with Crippen LogP contribution in [0.1, 0.15) is 31.7 Å². The molecule has 2 fully saturated rings. The van der Waals surface area contributed by atoms with Gasteiger partial charge < -0.3 is 14.8 Å². The summed E-state index contributed by atoms with van der Waals surface area (Å²) in [6, 6.07) is 8.70. The van der Waals surface area contributed by atoms with Gasteiger partial charge in [-0.05, 0) is 62.4 Å². The van der Waals surface area contributed by atoms with E-state index in [1.54, 1.807) is 0 Å². The van der Waals surface area contributed by atoms with E-state index in [-0.39, 0.29) is 0 Å². The molecule has 0 radical (unpaired) electrons. The van der Waals surface area contributed by atoms with E-state index in [4.69, 9.17) is 9.47 Å². The standard InChI is InChI=1S/C20H32N2O2/c1-2-19-16-22(11-13-24-19)10-3-12-23-20-6-4-17(5-7-20)14-18-8-9-21-15-18/h4-7,18-19,21H,2-3,8-16H2,1H3. The minimum absolute atomic E-state index is 0.419. The van der Waals surface area contributed by atoms with Crippen LogP contribution >= 0.6 is 0 Å². The minimum atomic E-state index is 0.419. The summed E-state index contributed by atoms with van der Waals surface area (Å²) in [6.07, 6.45) is 5.09. The summed E-state index contributed by atoms with van der Waals surface area (Å²) in [5, 5.41) is 3.44. The molecule has 1 aromatic carbocycles. The highest BCUT2D eigenvalue weighted by Crippen LogP contribution is 2.18. The highest BCUT2D eigenvalue weighted by atomic mass is 16.5. The zero-order valence-electron chi connectivity index (χ0n) is 15.0. The maximum Gasteiger partial charge on any atom is 0.119 e. The summed E-state index contributed by atoms with van der Waals surface area (Å²) in [5.74, 6) is 1.80. The van der Waals surface area contributed by atoms with Crippen LogP contribution in [-0.4, -0.2) is 56.9 Å².